The number of nitrogens with one attached hydrogen (secondary N) is 1. The van der Waals surface area contributed by atoms with Crippen molar-refractivity contribution in [1.82, 2.24) is 4.90 Å². The summed E-state index contributed by atoms with van der Waals surface area (Å²) in [5.41, 5.74) is 1.59. The van der Waals surface area contributed by atoms with E-state index in [9.17, 15) is 23.2 Å². The Morgan fingerprint density at radius 2 is 2.03 bits per heavy atom. The molecule has 1 aliphatic heterocycles. The van der Waals surface area contributed by atoms with Crippen LogP contribution in [0.4, 0.5) is 23.9 Å². The van der Waals surface area contributed by atoms with Crippen molar-refractivity contribution in [3.8, 4) is 6.07 Å². The Bertz CT molecular complexity index is 1050. The number of anilines is 2. The highest BCUT2D eigenvalue weighted by Gasteiger charge is 2.31. The molecule has 0 saturated carbocycles. The van der Waals surface area contributed by atoms with E-state index < -0.39 is 11.7 Å². The zero-order valence-corrected chi connectivity index (χ0v) is 19.4. The quantitative estimate of drug-likeness (QED) is 0.666. The summed E-state index contributed by atoms with van der Waals surface area (Å²) in [7, 11) is 0. The Kier molecular flexibility index (Phi) is 6.96. The molecule has 1 aromatic heterocycles. The lowest BCUT2D eigenvalue weighted by Crippen LogP contribution is -2.48. The summed E-state index contributed by atoms with van der Waals surface area (Å²) in [5.74, 6) is 0.476. The lowest BCUT2D eigenvalue weighted by Gasteiger charge is -2.35. The molecule has 176 valence electrons. The van der Waals surface area contributed by atoms with Crippen LogP contribution in [-0.4, -0.2) is 43.5 Å². The summed E-state index contributed by atoms with van der Waals surface area (Å²) >= 11 is 1.52. The molecule has 1 N–H and O–H groups in total. The van der Waals surface area contributed by atoms with E-state index in [0.717, 1.165) is 37.3 Å². The van der Waals surface area contributed by atoms with E-state index in [1.807, 2.05) is 9.80 Å². The van der Waals surface area contributed by atoms with Crippen LogP contribution in [0.15, 0.2) is 24.3 Å². The second-order valence-electron chi connectivity index (χ2n) is 8.70. The van der Waals surface area contributed by atoms with Gasteiger partial charge in [0.25, 0.3) is 0 Å². The monoisotopic (exact) mass is 476 g/mol. The van der Waals surface area contributed by atoms with Gasteiger partial charge in [-0.3, -0.25) is 9.69 Å². The Hall–Kier alpha value is -2.57. The second kappa shape index (κ2) is 9.74. The molecule has 2 aromatic rings. The third-order valence-electron chi connectivity index (χ3n) is 6.59. The van der Waals surface area contributed by atoms with Gasteiger partial charge in [0.05, 0.1) is 17.7 Å². The van der Waals surface area contributed by atoms with E-state index in [-0.39, 0.29) is 12.5 Å². The number of piperazine rings is 1. The fourth-order valence-electron chi connectivity index (χ4n) is 4.62. The number of nitriles is 1. The molecule has 2 aliphatic rings. The van der Waals surface area contributed by atoms with Gasteiger partial charge in [-0.25, -0.2) is 0 Å². The number of rotatable bonds is 5. The molecule has 4 rings (SSSR count). The Morgan fingerprint density at radius 1 is 1.27 bits per heavy atom. The van der Waals surface area contributed by atoms with Crippen LogP contribution in [0.2, 0.25) is 0 Å². The van der Waals surface area contributed by atoms with Crippen molar-refractivity contribution in [2.45, 2.75) is 38.8 Å². The van der Waals surface area contributed by atoms with Crippen LogP contribution in [-0.2, 0) is 23.8 Å². The molecule has 1 saturated heterocycles. The number of carbonyl (C=O) groups is 1. The summed E-state index contributed by atoms with van der Waals surface area (Å²) in [5, 5.41) is 13.2. The maximum Gasteiger partial charge on any atom is 0.416 e. The predicted molar refractivity (Wildman–Crippen MR) is 124 cm³/mol. The van der Waals surface area contributed by atoms with Crippen LogP contribution in [0.3, 0.4) is 0 Å². The number of nitrogens with zero attached hydrogens (tertiary/aromatic N) is 3. The molecule has 1 aromatic carbocycles. The number of fused-ring (bicyclic) bond motifs is 1. The minimum absolute atomic E-state index is 0.162. The fraction of sp³-hybridized carbons (Fsp3) is 0.500. The molecule has 1 fully saturated rings. The zero-order chi connectivity index (χ0) is 23.6. The highest BCUT2D eigenvalue weighted by atomic mass is 32.1. The number of alkyl halides is 3. The first-order valence-corrected chi connectivity index (χ1v) is 12.1. The summed E-state index contributed by atoms with van der Waals surface area (Å²) in [6.07, 6.45) is -0.304. The predicted octanol–water partition coefficient (Wildman–Crippen LogP) is 4.91. The van der Waals surface area contributed by atoms with Crippen molar-refractivity contribution >= 4 is 27.9 Å². The Morgan fingerprint density at radius 3 is 2.70 bits per heavy atom. The van der Waals surface area contributed by atoms with Crippen molar-refractivity contribution in [1.29, 1.82) is 5.26 Å². The van der Waals surface area contributed by atoms with Gasteiger partial charge in [-0.15, -0.1) is 11.3 Å². The van der Waals surface area contributed by atoms with Crippen LogP contribution in [0.1, 0.15) is 41.3 Å². The number of amides is 1. The molecule has 1 aliphatic carbocycles. The second-order valence-corrected chi connectivity index (χ2v) is 9.80. The molecular formula is C24H27F3N4OS. The van der Waals surface area contributed by atoms with E-state index in [1.165, 1.54) is 28.3 Å². The number of benzene rings is 1. The average Bonchev–Trinajstić information content (AvgIpc) is 3.14. The van der Waals surface area contributed by atoms with Gasteiger partial charge in [-0.1, -0.05) is 19.4 Å². The first-order valence-electron chi connectivity index (χ1n) is 11.3. The lowest BCUT2D eigenvalue weighted by atomic mass is 9.86. The summed E-state index contributed by atoms with van der Waals surface area (Å²) in [4.78, 5) is 17.8. The first-order chi connectivity index (χ1) is 15.8. The van der Waals surface area contributed by atoms with E-state index in [4.69, 9.17) is 0 Å². The van der Waals surface area contributed by atoms with Crippen LogP contribution < -0.4 is 10.2 Å². The first kappa shape index (κ1) is 23.6. The molecule has 0 bridgehead atoms. The third-order valence-corrected chi connectivity index (χ3v) is 7.76. The van der Waals surface area contributed by atoms with E-state index in [1.54, 1.807) is 6.07 Å². The van der Waals surface area contributed by atoms with Gasteiger partial charge in [0.15, 0.2) is 0 Å². The van der Waals surface area contributed by atoms with E-state index in [2.05, 4.69) is 18.3 Å². The van der Waals surface area contributed by atoms with Crippen LogP contribution in [0.25, 0.3) is 0 Å². The molecule has 0 radical (unpaired) electrons. The molecular weight excluding hydrogens is 449 g/mol. The SMILES string of the molecule is CCC1CCc2c(sc(NC(=O)CN3CCN(c4cccc(C(F)(F)F)c4)CC3)c2C#N)C1. The standard InChI is InChI=1S/C24H27F3N4OS/c1-2-16-6-7-19-20(14-28)23(33-21(19)12-16)29-22(32)15-30-8-10-31(11-9-30)18-5-3-4-17(13-18)24(25,26)27/h3-5,13,16H,2,6-12,15H2,1H3,(H,29,32). The number of thiophene rings is 1. The van der Waals surface area contributed by atoms with Gasteiger partial charge < -0.3 is 10.2 Å². The lowest BCUT2D eigenvalue weighted by molar-refractivity contribution is -0.137. The van der Waals surface area contributed by atoms with Crippen LogP contribution >= 0.6 is 11.3 Å². The summed E-state index contributed by atoms with van der Waals surface area (Å²) < 4.78 is 39.0. The molecule has 2 heterocycles. The van der Waals surface area contributed by atoms with Gasteiger partial charge in [-0.2, -0.15) is 18.4 Å². The molecule has 9 heteroatoms. The molecule has 1 amide bonds. The van der Waals surface area contributed by atoms with Crippen LogP contribution in [0.5, 0.6) is 0 Å². The molecule has 33 heavy (non-hydrogen) atoms. The highest BCUT2D eigenvalue weighted by Crippen LogP contribution is 2.40. The molecule has 0 spiro atoms. The molecule has 1 unspecified atom stereocenters. The average molecular weight is 477 g/mol. The van der Waals surface area contributed by atoms with Gasteiger partial charge in [0.1, 0.15) is 11.1 Å². The topological polar surface area (TPSA) is 59.4 Å². The zero-order valence-electron chi connectivity index (χ0n) is 18.5. The largest absolute Gasteiger partial charge is 0.416 e. The van der Waals surface area contributed by atoms with Gasteiger partial charge in [0, 0.05) is 36.7 Å². The minimum Gasteiger partial charge on any atom is -0.369 e. The Labute approximate surface area is 195 Å². The normalized spacial score (nSPS) is 19.1. The van der Waals surface area contributed by atoms with Crippen LogP contribution in [0, 0.1) is 17.2 Å². The number of hydrogen-bond donors (Lipinski definition) is 1. The third kappa shape index (κ3) is 5.33. The maximum atomic E-state index is 13.0. The maximum absolute atomic E-state index is 13.0. The van der Waals surface area contributed by atoms with Gasteiger partial charge in [-0.05, 0) is 48.9 Å². The van der Waals surface area contributed by atoms with Gasteiger partial charge in [0.2, 0.25) is 5.91 Å². The van der Waals surface area contributed by atoms with E-state index in [0.29, 0.717) is 48.3 Å². The molecule has 1 atom stereocenters. The Balaban J connectivity index is 1.33. The van der Waals surface area contributed by atoms with Crippen molar-refractivity contribution in [2.75, 3.05) is 42.9 Å². The number of halogens is 3. The van der Waals surface area contributed by atoms with E-state index >= 15 is 0 Å². The van der Waals surface area contributed by atoms with Crippen molar-refractivity contribution in [3.63, 3.8) is 0 Å². The smallest absolute Gasteiger partial charge is 0.369 e. The van der Waals surface area contributed by atoms with Crippen molar-refractivity contribution < 1.29 is 18.0 Å². The summed E-state index contributed by atoms with van der Waals surface area (Å²) in [6.45, 7) is 4.63. The highest BCUT2D eigenvalue weighted by molar-refractivity contribution is 7.16. The number of carbonyl (C=O) groups excluding carboxylic acids is 1. The summed E-state index contributed by atoms with van der Waals surface area (Å²) in [6, 6.07) is 7.64. The number of hydrogen-bond acceptors (Lipinski definition) is 5. The fourth-order valence-corrected chi connectivity index (χ4v) is 5.95. The van der Waals surface area contributed by atoms with Crippen molar-refractivity contribution in [3.05, 3.63) is 45.8 Å². The minimum atomic E-state index is -4.36. The van der Waals surface area contributed by atoms with Crippen molar-refractivity contribution in [2.24, 2.45) is 5.92 Å². The molecule has 5 nitrogen and oxygen atoms in total. The van der Waals surface area contributed by atoms with Gasteiger partial charge >= 0.3 is 6.18 Å².